The van der Waals surface area contributed by atoms with Gasteiger partial charge < -0.3 is 18.8 Å². The number of fused-ring (bicyclic) bond motifs is 1. The first-order chi connectivity index (χ1) is 17.7. The van der Waals surface area contributed by atoms with Crippen LogP contribution >= 0.6 is 0 Å². The Kier molecular flexibility index (Phi) is 5.69. The van der Waals surface area contributed by atoms with Crippen molar-refractivity contribution in [3.8, 4) is 23.0 Å². The highest BCUT2D eigenvalue weighted by atomic mass is 16.7. The molecule has 2 aliphatic rings. The van der Waals surface area contributed by atoms with Crippen LogP contribution in [0.2, 0.25) is 0 Å². The fourth-order valence-electron chi connectivity index (χ4n) is 4.69. The summed E-state index contributed by atoms with van der Waals surface area (Å²) in [5, 5.41) is 8.51. The van der Waals surface area contributed by atoms with E-state index < -0.39 is 0 Å². The zero-order valence-corrected chi connectivity index (χ0v) is 19.4. The second-order valence-corrected chi connectivity index (χ2v) is 8.84. The van der Waals surface area contributed by atoms with Crippen LogP contribution in [0.1, 0.15) is 50.9 Å². The summed E-state index contributed by atoms with van der Waals surface area (Å²) in [7, 11) is 0. The van der Waals surface area contributed by atoms with E-state index in [-0.39, 0.29) is 24.4 Å². The lowest BCUT2D eigenvalue weighted by Crippen LogP contribution is -2.39. The van der Waals surface area contributed by atoms with Crippen LogP contribution in [0.5, 0.6) is 11.5 Å². The van der Waals surface area contributed by atoms with Gasteiger partial charge in [-0.1, -0.05) is 48.5 Å². The largest absolute Gasteiger partial charge is 0.454 e. The number of aromatic nitrogens is 2. The molecule has 0 bridgehead atoms. The van der Waals surface area contributed by atoms with Gasteiger partial charge in [-0.3, -0.25) is 9.59 Å². The van der Waals surface area contributed by atoms with Gasteiger partial charge in [0.1, 0.15) is 0 Å². The molecule has 0 saturated carbocycles. The maximum atomic E-state index is 13.5. The minimum absolute atomic E-state index is 0.0880. The first kappa shape index (κ1) is 22.0. The Balaban J connectivity index is 1.21. The standard InChI is InChI=1S/C28H23N3O5/c32-25(18-7-2-1-3-8-18)21-10-4-5-11-22(21)28(33)31-14-6-9-20(16-31)27-30-29-26(36-27)19-12-13-23-24(15-19)35-17-34-23/h1-5,7-8,10-13,15,20H,6,9,14,16-17H2. The van der Waals surface area contributed by atoms with Crippen molar-refractivity contribution in [1.82, 2.24) is 15.1 Å². The topological polar surface area (TPSA) is 94.8 Å². The zero-order chi connectivity index (χ0) is 24.5. The average molecular weight is 482 g/mol. The van der Waals surface area contributed by atoms with Gasteiger partial charge in [0, 0.05) is 29.8 Å². The Bertz CT molecular complexity index is 1430. The monoisotopic (exact) mass is 481 g/mol. The molecule has 3 heterocycles. The quantitative estimate of drug-likeness (QED) is 0.381. The molecular formula is C28H23N3O5. The molecule has 0 N–H and O–H groups in total. The van der Waals surface area contributed by atoms with Crippen LogP contribution in [0.25, 0.3) is 11.5 Å². The van der Waals surface area contributed by atoms with Crippen molar-refractivity contribution in [3.05, 3.63) is 95.4 Å². The molecule has 2 aliphatic heterocycles. The van der Waals surface area contributed by atoms with Gasteiger partial charge >= 0.3 is 0 Å². The van der Waals surface area contributed by atoms with Crippen LogP contribution in [0.4, 0.5) is 0 Å². The van der Waals surface area contributed by atoms with Crippen molar-refractivity contribution in [2.45, 2.75) is 18.8 Å². The maximum absolute atomic E-state index is 13.5. The van der Waals surface area contributed by atoms with Gasteiger partial charge in [-0.05, 0) is 37.1 Å². The van der Waals surface area contributed by atoms with Gasteiger partial charge in [-0.2, -0.15) is 0 Å². The van der Waals surface area contributed by atoms with Crippen molar-refractivity contribution in [2.24, 2.45) is 0 Å². The third-order valence-electron chi connectivity index (χ3n) is 6.56. The number of rotatable bonds is 5. The molecule has 4 aromatic rings. The van der Waals surface area contributed by atoms with Crippen LogP contribution in [0.3, 0.4) is 0 Å². The molecule has 8 heteroatoms. The summed E-state index contributed by atoms with van der Waals surface area (Å²) in [6, 6.07) is 21.5. The Morgan fingerprint density at radius 3 is 2.50 bits per heavy atom. The Hall–Kier alpha value is -4.46. The smallest absolute Gasteiger partial charge is 0.254 e. The number of carbonyl (C=O) groups is 2. The summed E-state index contributed by atoms with van der Waals surface area (Å²) in [5.41, 5.74) is 2.10. The van der Waals surface area contributed by atoms with Gasteiger partial charge in [-0.25, -0.2) is 0 Å². The fraction of sp³-hybridized carbons (Fsp3) is 0.214. The van der Waals surface area contributed by atoms with E-state index in [0.29, 0.717) is 53.1 Å². The lowest BCUT2D eigenvalue weighted by molar-refractivity contribution is 0.0695. The summed E-state index contributed by atoms with van der Waals surface area (Å²) in [4.78, 5) is 28.5. The maximum Gasteiger partial charge on any atom is 0.254 e. The Morgan fingerprint density at radius 2 is 1.64 bits per heavy atom. The molecular weight excluding hydrogens is 458 g/mol. The van der Waals surface area contributed by atoms with E-state index in [0.717, 1.165) is 18.4 Å². The van der Waals surface area contributed by atoms with Crippen LogP contribution in [0, 0.1) is 0 Å². The van der Waals surface area contributed by atoms with Crippen LogP contribution in [-0.2, 0) is 0 Å². The Labute approximate surface area is 207 Å². The average Bonchev–Trinajstić information content (AvgIpc) is 3.62. The molecule has 1 unspecified atom stereocenters. The molecule has 6 rings (SSSR count). The SMILES string of the molecule is O=C(c1ccccc1)c1ccccc1C(=O)N1CCCC(c2nnc(-c3ccc4c(c3)OCO4)o2)C1. The van der Waals surface area contributed by atoms with E-state index in [9.17, 15) is 9.59 Å². The molecule has 1 amide bonds. The summed E-state index contributed by atoms with van der Waals surface area (Å²) >= 11 is 0. The number of nitrogens with zero attached hydrogens (tertiary/aromatic N) is 3. The predicted molar refractivity (Wildman–Crippen MR) is 130 cm³/mol. The molecule has 1 saturated heterocycles. The summed E-state index contributed by atoms with van der Waals surface area (Å²) in [5.74, 6) is 1.79. The number of benzene rings is 3. The van der Waals surface area contributed by atoms with Gasteiger partial charge in [0.2, 0.25) is 18.6 Å². The molecule has 1 aromatic heterocycles. The highest BCUT2D eigenvalue weighted by Gasteiger charge is 2.31. The third kappa shape index (κ3) is 4.11. The van der Waals surface area contributed by atoms with E-state index in [1.807, 2.05) is 36.4 Å². The van der Waals surface area contributed by atoms with Gasteiger partial charge in [0.25, 0.3) is 5.91 Å². The Morgan fingerprint density at radius 1 is 0.861 bits per heavy atom. The molecule has 8 nitrogen and oxygen atoms in total. The van der Waals surface area contributed by atoms with Crippen molar-refractivity contribution < 1.29 is 23.5 Å². The molecule has 1 fully saturated rings. The summed E-state index contributed by atoms with van der Waals surface area (Å²) in [6.45, 7) is 1.24. The highest BCUT2D eigenvalue weighted by molar-refractivity contribution is 6.15. The molecule has 0 spiro atoms. The zero-order valence-electron chi connectivity index (χ0n) is 19.4. The number of hydrogen-bond donors (Lipinski definition) is 0. The molecule has 3 aromatic carbocycles. The summed E-state index contributed by atoms with van der Waals surface area (Å²) < 4.78 is 16.8. The van der Waals surface area contributed by atoms with Crippen LogP contribution < -0.4 is 9.47 Å². The number of likely N-dealkylation sites (tertiary alicyclic amines) is 1. The van der Waals surface area contributed by atoms with Gasteiger partial charge in [0.05, 0.1) is 11.5 Å². The number of amides is 1. The number of ketones is 1. The van der Waals surface area contributed by atoms with E-state index >= 15 is 0 Å². The fourth-order valence-corrected chi connectivity index (χ4v) is 4.69. The first-order valence-electron chi connectivity index (χ1n) is 11.9. The lowest BCUT2D eigenvalue weighted by atomic mass is 9.94. The molecule has 0 aliphatic carbocycles. The minimum Gasteiger partial charge on any atom is -0.454 e. The van der Waals surface area contributed by atoms with E-state index in [1.54, 1.807) is 41.3 Å². The van der Waals surface area contributed by atoms with Crippen LogP contribution in [0.15, 0.2) is 77.2 Å². The van der Waals surface area contributed by atoms with E-state index in [2.05, 4.69) is 10.2 Å². The van der Waals surface area contributed by atoms with Crippen molar-refractivity contribution >= 4 is 11.7 Å². The van der Waals surface area contributed by atoms with Gasteiger partial charge in [0.15, 0.2) is 17.3 Å². The van der Waals surface area contributed by atoms with E-state index in [1.165, 1.54) is 0 Å². The summed E-state index contributed by atoms with van der Waals surface area (Å²) in [6.07, 6.45) is 1.63. The molecule has 180 valence electrons. The number of ether oxygens (including phenoxy) is 2. The van der Waals surface area contributed by atoms with Crippen molar-refractivity contribution in [3.63, 3.8) is 0 Å². The second-order valence-electron chi connectivity index (χ2n) is 8.84. The second kappa shape index (κ2) is 9.30. The molecule has 1 atom stereocenters. The third-order valence-corrected chi connectivity index (χ3v) is 6.56. The number of piperidine rings is 1. The van der Waals surface area contributed by atoms with E-state index in [4.69, 9.17) is 13.9 Å². The molecule has 36 heavy (non-hydrogen) atoms. The predicted octanol–water partition coefficient (Wildman–Crippen LogP) is 4.72. The van der Waals surface area contributed by atoms with Crippen molar-refractivity contribution in [2.75, 3.05) is 19.9 Å². The number of carbonyl (C=O) groups excluding carboxylic acids is 2. The number of hydrogen-bond acceptors (Lipinski definition) is 7. The van der Waals surface area contributed by atoms with Crippen LogP contribution in [-0.4, -0.2) is 46.7 Å². The first-order valence-corrected chi connectivity index (χ1v) is 11.9. The normalized spacial score (nSPS) is 16.7. The van der Waals surface area contributed by atoms with Crippen molar-refractivity contribution in [1.29, 1.82) is 0 Å². The minimum atomic E-state index is -0.171. The van der Waals surface area contributed by atoms with Gasteiger partial charge in [-0.15, -0.1) is 10.2 Å². The highest BCUT2D eigenvalue weighted by Crippen LogP contribution is 2.36. The lowest BCUT2D eigenvalue weighted by Gasteiger charge is -2.31. The molecule has 0 radical (unpaired) electrons.